The van der Waals surface area contributed by atoms with E-state index in [0.717, 1.165) is 23.7 Å². The van der Waals surface area contributed by atoms with Gasteiger partial charge in [-0.15, -0.1) is 0 Å². The minimum absolute atomic E-state index is 0.658. The van der Waals surface area contributed by atoms with Crippen LogP contribution in [0.3, 0.4) is 0 Å². The lowest BCUT2D eigenvalue weighted by Gasteiger charge is -2.51. The Kier molecular flexibility index (Phi) is 6.75. The molecule has 5 unspecified atom stereocenters. The van der Waals surface area contributed by atoms with Crippen LogP contribution in [0.5, 0.6) is 0 Å². The van der Waals surface area contributed by atoms with Crippen LogP contribution in [0.1, 0.15) is 114 Å². The molecule has 0 aliphatic heterocycles. The molecule has 3 aliphatic rings. The molecule has 0 spiro atoms. The van der Waals surface area contributed by atoms with Gasteiger partial charge in [0.05, 0.1) is 0 Å². The molecule has 0 amide bonds. The third kappa shape index (κ3) is 3.75. The predicted octanol–water partition coefficient (Wildman–Crippen LogP) is 8.25. The summed E-state index contributed by atoms with van der Waals surface area (Å²) < 4.78 is 0. The lowest BCUT2D eigenvalue weighted by Crippen LogP contribution is -2.42. The van der Waals surface area contributed by atoms with E-state index in [2.05, 4.69) is 53.7 Å². The van der Waals surface area contributed by atoms with Gasteiger partial charge < -0.3 is 0 Å². The molecule has 0 aromatic heterocycles. The highest BCUT2D eigenvalue weighted by Gasteiger charge is 2.53. The number of hydrogen-bond acceptors (Lipinski definition) is 0. The van der Waals surface area contributed by atoms with Crippen LogP contribution in [0, 0.1) is 30.1 Å². The minimum atomic E-state index is 0.658. The van der Waals surface area contributed by atoms with Crippen molar-refractivity contribution in [2.24, 2.45) is 23.2 Å². The van der Waals surface area contributed by atoms with E-state index in [0.29, 0.717) is 5.41 Å². The maximum absolute atomic E-state index is 2.65. The van der Waals surface area contributed by atoms with Gasteiger partial charge in [-0.25, -0.2) is 0 Å². The minimum Gasteiger partial charge on any atom is -0.0654 e. The van der Waals surface area contributed by atoms with Crippen LogP contribution in [0.2, 0.25) is 0 Å². The Balaban J connectivity index is 0.000000481. The van der Waals surface area contributed by atoms with Gasteiger partial charge in [0.2, 0.25) is 0 Å². The lowest BCUT2D eigenvalue weighted by atomic mass is 9.54. The molecular formula is C27H44. The average molecular weight is 369 g/mol. The second-order valence-electron chi connectivity index (χ2n) is 9.97. The molecule has 152 valence electrons. The van der Waals surface area contributed by atoms with Gasteiger partial charge >= 0.3 is 0 Å². The van der Waals surface area contributed by atoms with E-state index in [9.17, 15) is 0 Å². The van der Waals surface area contributed by atoms with Crippen molar-refractivity contribution in [1.29, 1.82) is 0 Å². The van der Waals surface area contributed by atoms with Gasteiger partial charge in [-0.3, -0.25) is 0 Å². The van der Waals surface area contributed by atoms with Gasteiger partial charge in [-0.05, 0) is 103 Å². The van der Waals surface area contributed by atoms with Gasteiger partial charge in [0.1, 0.15) is 0 Å². The van der Waals surface area contributed by atoms with Crippen molar-refractivity contribution in [1.82, 2.24) is 0 Å². The normalized spacial score (nSPS) is 34.1. The summed E-state index contributed by atoms with van der Waals surface area (Å²) >= 11 is 0. The maximum atomic E-state index is 2.65. The zero-order chi connectivity index (χ0) is 19.6. The summed E-state index contributed by atoms with van der Waals surface area (Å²) in [4.78, 5) is 0. The Hall–Kier alpha value is -0.780. The Bertz CT molecular complexity index is 625. The first-order chi connectivity index (χ1) is 13.0. The predicted molar refractivity (Wildman–Crippen MR) is 120 cm³/mol. The Labute approximate surface area is 169 Å². The lowest BCUT2D eigenvalue weighted by molar-refractivity contribution is 0.0273. The standard InChI is InChI=1S/C23H34.C4H10/c1-5-16-14-21-17(13-15(16)3)7-9-20-19(21)11-12-23(4)18(6-2)8-10-22(20)23;1-3-4-2/h13-14,18-20,22H,5-12H2,1-4H3;3-4H2,1-2H3. The Morgan fingerprint density at radius 1 is 0.963 bits per heavy atom. The third-order valence-corrected chi connectivity index (χ3v) is 8.75. The number of unbranched alkanes of at least 4 members (excludes halogenated alkanes) is 1. The second-order valence-corrected chi connectivity index (χ2v) is 9.97. The summed E-state index contributed by atoms with van der Waals surface area (Å²) in [6.45, 7) is 14.1. The van der Waals surface area contributed by atoms with Crippen molar-refractivity contribution >= 4 is 0 Å². The molecule has 0 heterocycles. The van der Waals surface area contributed by atoms with E-state index < -0.39 is 0 Å². The summed E-state index contributed by atoms with van der Waals surface area (Å²) in [5.74, 6) is 3.85. The van der Waals surface area contributed by atoms with Crippen LogP contribution >= 0.6 is 0 Å². The fourth-order valence-corrected chi connectivity index (χ4v) is 6.95. The molecule has 0 N–H and O–H groups in total. The maximum Gasteiger partial charge on any atom is -0.0128 e. The average Bonchev–Trinajstić information content (AvgIpc) is 3.03. The summed E-state index contributed by atoms with van der Waals surface area (Å²) in [5.41, 5.74) is 7.22. The van der Waals surface area contributed by atoms with E-state index in [1.54, 1.807) is 16.7 Å². The van der Waals surface area contributed by atoms with Crippen LogP contribution in [0.15, 0.2) is 12.1 Å². The topological polar surface area (TPSA) is 0 Å². The van der Waals surface area contributed by atoms with Gasteiger partial charge in [0.25, 0.3) is 0 Å². The van der Waals surface area contributed by atoms with E-state index in [-0.39, 0.29) is 0 Å². The number of aryl methyl sites for hydroxylation is 3. The van der Waals surface area contributed by atoms with E-state index in [1.165, 1.54) is 69.8 Å². The first-order valence-corrected chi connectivity index (χ1v) is 12.1. The molecular weight excluding hydrogens is 324 g/mol. The summed E-state index contributed by atoms with van der Waals surface area (Å²) in [7, 11) is 0. The molecule has 2 fully saturated rings. The van der Waals surface area contributed by atoms with Crippen molar-refractivity contribution in [2.45, 2.75) is 112 Å². The van der Waals surface area contributed by atoms with Crippen LogP contribution in [0.25, 0.3) is 0 Å². The first kappa shape index (κ1) is 20.9. The molecule has 0 nitrogen and oxygen atoms in total. The molecule has 0 heteroatoms. The van der Waals surface area contributed by atoms with Crippen LogP contribution < -0.4 is 0 Å². The summed E-state index contributed by atoms with van der Waals surface area (Å²) in [6, 6.07) is 5.14. The molecule has 5 atom stereocenters. The SMILES string of the molecule is CCCC.CCc1cc2c(cc1C)CCC1C2CCC2(C)C(CC)CCC12. The molecule has 4 rings (SSSR count). The fourth-order valence-electron chi connectivity index (χ4n) is 6.95. The van der Waals surface area contributed by atoms with Crippen molar-refractivity contribution in [3.8, 4) is 0 Å². The van der Waals surface area contributed by atoms with Crippen molar-refractivity contribution in [2.75, 3.05) is 0 Å². The van der Waals surface area contributed by atoms with Crippen molar-refractivity contribution < 1.29 is 0 Å². The zero-order valence-corrected chi connectivity index (χ0v) is 19.0. The number of hydrogen-bond donors (Lipinski definition) is 0. The zero-order valence-electron chi connectivity index (χ0n) is 19.0. The second kappa shape index (κ2) is 8.71. The molecule has 0 radical (unpaired) electrons. The first-order valence-electron chi connectivity index (χ1n) is 12.1. The van der Waals surface area contributed by atoms with Gasteiger partial charge in [0.15, 0.2) is 0 Å². The highest BCUT2D eigenvalue weighted by Crippen LogP contribution is 2.63. The number of benzene rings is 1. The van der Waals surface area contributed by atoms with Gasteiger partial charge in [0, 0.05) is 0 Å². The quantitative estimate of drug-likeness (QED) is 0.504. The van der Waals surface area contributed by atoms with Gasteiger partial charge in [-0.2, -0.15) is 0 Å². The monoisotopic (exact) mass is 368 g/mol. The Morgan fingerprint density at radius 2 is 1.70 bits per heavy atom. The molecule has 0 bridgehead atoms. The molecule has 1 aromatic rings. The molecule has 27 heavy (non-hydrogen) atoms. The molecule has 0 saturated heterocycles. The fraction of sp³-hybridized carbons (Fsp3) is 0.778. The highest BCUT2D eigenvalue weighted by molar-refractivity contribution is 5.42. The van der Waals surface area contributed by atoms with E-state index in [1.807, 2.05) is 0 Å². The smallest absolute Gasteiger partial charge is 0.0128 e. The highest BCUT2D eigenvalue weighted by atomic mass is 14.6. The number of fused-ring (bicyclic) bond motifs is 5. The van der Waals surface area contributed by atoms with E-state index in [4.69, 9.17) is 0 Å². The van der Waals surface area contributed by atoms with Gasteiger partial charge in [-0.1, -0.05) is 66.0 Å². The van der Waals surface area contributed by atoms with Crippen molar-refractivity contribution in [3.63, 3.8) is 0 Å². The van der Waals surface area contributed by atoms with Crippen LogP contribution in [-0.2, 0) is 12.8 Å². The third-order valence-electron chi connectivity index (χ3n) is 8.75. The molecule has 2 saturated carbocycles. The molecule has 3 aliphatic carbocycles. The largest absolute Gasteiger partial charge is 0.0654 e. The summed E-state index contributed by atoms with van der Waals surface area (Å²) in [5, 5.41) is 0. The summed E-state index contributed by atoms with van der Waals surface area (Å²) in [6.07, 6.45) is 14.0. The van der Waals surface area contributed by atoms with Crippen LogP contribution in [0.4, 0.5) is 0 Å². The molecule has 1 aromatic carbocycles. The Morgan fingerprint density at radius 3 is 2.33 bits per heavy atom. The van der Waals surface area contributed by atoms with Crippen LogP contribution in [-0.4, -0.2) is 0 Å². The number of rotatable bonds is 3. The van der Waals surface area contributed by atoms with Crippen molar-refractivity contribution in [3.05, 3.63) is 34.4 Å². The van der Waals surface area contributed by atoms with E-state index >= 15 is 0 Å².